The minimum absolute atomic E-state index is 0.281. The zero-order chi connectivity index (χ0) is 7.61. The van der Waals surface area contributed by atoms with Gasteiger partial charge in [-0.3, -0.25) is 0 Å². The highest BCUT2D eigenvalue weighted by molar-refractivity contribution is 5.51. The number of carbonyl (C=O) groups excluding carboxylic acids is 1. The van der Waals surface area contributed by atoms with Crippen LogP contribution in [0.1, 0.15) is 32.6 Å². The van der Waals surface area contributed by atoms with E-state index in [1.807, 2.05) is 0 Å². The molecule has 0 bridgehead atoms. The highest BCUT2D eigenvalue weighted by Gasteiger charge is 2.31. The maximum atomic E-state index is 10.1. The molecule has 1 N–H and O–H groups in total. The maximum absolute atomic E-state index is 10.1. The number of aliphatic hydroxyl groups is 1. The Bertz CT molecular complexity index is 125. The molecule has 0 aromatic heterocycles. The molecule has 1 saturated carbocycles. The summed E-state index contributed by atoms with van der Waals surface area (Å²) < 4.78 is 0. The quantitative estimate of drug-likeness (QED) is 0.597. The van der Waals surface area contributed by atoms with E-state index in [1.54, 1.807) is 6.92 Å². The zero-order valence-electron chi connectivity index (χ0n) is 6.34. The van der Waals surface area contributed by atoms with E-state index in [9.17, 15) is 9.90 Å². The summed E-state index contributed by atoms with van der Waals surface area (Å²) in [6.07, 6.45) is 4.33. The summed E-state index contributed by atoms with van der Waals surface area (Å²) in [5, 5.41) is 9.49. The average Bonchev–Trinajstić information content (AvgIpc) is 2.48. The van der Waals surface area contributed by atoms with Crippen molar-refractivity contribution in [2.45, 2.75) is 38.2 Å². The minimum atomic E-state index is -0.733. The van der Waals surface area contributed by atoms with Crippen LogP contribution in [0.5, 0.6) is 0 Å². The van der Waals surface area contributed by atoms with Gasteiger partial charge in [-0.1, -0.05) is 12.8 Å². The second-order valence-corrected chi connectivity index (χ2v) is 3.52. The van der Waals surface area contributed by atoms with Gasteiger partial charge in [-0.2, -0.15) is 0 Å². The molecule has 0 radical (unpaired) electrons. The Morgan fingerprint density at radius 3 is 2.70 bits per heavy atom. The lowest BCUT2D eigenvalue weighted by Crippen LogP contribution is -2.24. The molecule has 1 atom stereocenters. The first-order valence-corrected chi connectivity index (χ1v) is 3.80. The lowest BCUT2D eigenvalue weighted by atomic mass is 9.96. The van der Waals surface area contributed by atoms with Crippen LogP contribution in [-0.4, -0.2) is 17.0 Å². The van der Waals surface area contributed by atoms with Crippen LogP contribution in [-0.2, 0) is 4.79 Å². The first-order valence-electron chi connectivity index (χ1n) is 3.80. The molecular weight excluding hydrogens is 128 g/mol. The zero-order valence-corrected chi connectivity index (χ0v) is 6.34. The van der Waals surface area contributed by atoms with Crippen LogP contribution in [0.15, 0.2) is 0 Å². The molecule has 1 fully saturated rings. The number of carbonyl (C=O) groups is 1. The van der Waals surface area contributed by atoms with Gasteiger partial charge in [0.15, 0.2) is 0 Å². The maximum Gasteiger partial charge on any atom is 0.122 e. The molecule has 2 heteroatoms. The third-order valence-corrected chi connectivity index (χ3v) is 1.95. The Balaban J connectivity index is 2.25. The van der Waals surface area contributed by atoms with Gasteiger partial charge in [0.2, 0.25) is 0 Å². The summed E-state index contributed by atoms with van der Waals surface area (Å²) in [6, 6.07) is 0. The van der Waals surface area contributed by atoms with Crippen molar-refractivity contribution in [1.29, 1.82) is 0 Å². The van der Waals surface area contributed by atoms with E-state index in [2.05, 4.69) is 0 Å². The normalized spacial score (nSPS) is 23.8. The Morgan fingerprint density at radius 2 is 2.30 bits per heavy atom. The molecule has 0 spiro atoms. The lowest BCUT2D eigenvalue weighted by Gasteiger charge is -2.19. The predicted molar refractivity (Wildman–Crippen MR) is 38.6 cm³/mol. The van der Waals surface area contributed by atoms with Crippen molar-refractivity contribution in [2.75, 3.05) is 0 Å². The van der Waals surface area contributed by atoms with Crippen molar-refractivity contribution in [3.8, 4) is 0 Å². The van der Waals surface area contributed by atoms with Crippen LogP contribution in [0.25, 0.3) is 0 Å². The van der Waals surface area contributed by atoms with Gasteiger partial charge in [0, 0.05) is 6.42 Å². The molecule has 0 aromatic carbocycles. The lowest BCUT2D eigenvalue weighted by molar-refractivity contribution is -0.112. The van der Waals surface area contributed by atoms with Crippen LogP contribution in [0.2, 0.25) is 0 Å². The summed E-state index contributed by atoms with van der Waals surface area (Å²) >= 11 is 0. The SMILES string of the molecule is CC(O)(CC=O)CC1CC1. The summed E-state index contributed by atoms with van der Waals surface area (Å²) in [5.41, 5.74) is -0.733. The largest absolute Gasteiger partial charge is 0.390 e. The fourth-order valence-corrected chi connectivity index (χ4v) is 1.21. The van der Waals surface area contributed by atoms with Gasteiger partial charge in [0.1, 0.15) is 6.29 Å². The molecule has 10 heavy (non-hydrogen) atoms. The first kappa shape index (κ1) is 7.73. The van der Waals surface area contributed by atoms with Crippen LogP contribution >= 0.6 is 0 Å². The summed E-state index contributed by atoms with van der Waals surface area (Å²) in [4.78, 5) is 10.1. The molecule has 0 saturated heterocycles. The van der Waals surface area contributed by atoms with Gasteiger partial charge in [-0.05, 0) is 19.3 Å². The monoisotopic (exact) mass is 142 g/mol. The molecule has 0 amide bonds. The molecule has 2 nitrogen and oxygen atoms in total. The van der Waals surface area contributed by atoms with E-state index >= 15 is 0 Å². The van der Waals surface area contributed by atoms with Crippen molar-refractivity contribution < 1.29 is 9.90 Å². The number of hydrogen-bond acceptors (Lipinski definition) is 2. The van der Waals surface area contributed by atoms with E-state index in [-0.39, 0.29) is 6.42 Å². The van der Waals surface area contributed by atoms with E-state index in [1.165, 1.54) is 12.8 Å². The first-order chi connectivity index (χ1) is 4.64. The molecular formula is C8H14O2. The molecule has 0 heterocycles. The van der Waals surface area contributed by atoms with Gasteiger partial charge in [-0.25, -0.2) is 0 Å². The van der Waals surface area contributed by atoms with Crippen LogP contribution in [0.3, 0.4) is 0 Å². The van der Waals surface area contributed by atoms with Crippen molar-refractivity contribution in [1.82, 2.24) is 0 Å². The van der Waals surface area contributed by atoms with Crippen molar-refractivity contribution in [3.05, 3.63) is 0 Å². The van der Waals surface area contributed by atoms with Crippen molar-refractivity contribution in [2.24, 2.45) is 5.92 Å². The highest BCUT2D eigenvalue weighted by atomic mass is 16.3. The standard InChI is InChI=1S/C8H14O2/c1-8(10,4-5-9)6-7-2-3-7/h5,7,10H,2-4,6H2,1H3. The fraction of sp³-hybridized carbons (Fsp3) is 0.875. The summed E-state index contributed by atoms with van der Waals surface area (Å²) in [7, 11) is 0. The van der Waals surface area contributed by atoms with Crippen LogP contribution in [0, 0.1) is 5.92 Å². The molecule has 1 aliphatic rings. The van der Waals surface area contributed by atoms with Gasteiger partial charge < -0.3 is 9.90 Å². The fourth-order valence-electron chi connectivity index (χ4n) is 1.21. The Hall–Kier alpha value is -0.370. The number of hydrogen-bond donors (Lipinski definition) is 1. The number of aldehydes is 1. The molecule has 0 aromatic rings. The molecule has 1 rings (SSSR count). The molecule has 1 aliphatic carbocycles. The van der Waals surface area contributed by atoms with Crippen molar-refractivity contribution >= 4 is 6.29 Å². The molecule has 58 valence electrons. The minimum Gasteiger partial charge on any atom is -0.390 e. The smallest absolute Gasteiger partial charge is 0.122 e. The van der Waals surface area contributed by atoms with Gasteiger partial charge >= 0.3 is 0 Å². The second kappa shape index (κ2) is 2.70. The summed E-state index contributed by atoms with van der Waals surface area (Å²) in [5.74, 6) is 0.690. The average molecular weight is 142 g/mol. The third-order valence-electron chi connectivity index (χ3n) is 1.95. The molecule has 1 unspecified atom stereocenters. The van der Waals surface area contributed by atoms with E-state index < -0.39 is 5.60 Å². The Morgan fingerprint density at radius 1 is 1.70 bits per heavy atom. The third kappa shape index (κ3) is 2.48. The Labute approximate surface area is 61.2 Å². The molecule has 0 aliphatic heterocycles. The van der Waals surface area contributed by atoms with Gasteiger partial charge in [-0.15, -0.1) is 0 Å². The topological polar surface area (TPSA) is 37.3 Å². The van der Waals surface area contributed by atoms with Gasteiger partial charge in [0.05, 0.1) is 5.60 Å². The highest BCUT2D eigenvalue weighted by Crippen LogP contribution is 2.37. The summed E-state index contributed by atoms with van der Waals surface area (Å²) in [6.45, 7) is 1.74. The van der Waals surface area contributed by atoms with E-state index in [0.717, 1.165) is 12.7 Å². The van der Waals surface area contributed by atoms with E-state index in [0.29, 0.717) is 5.92 Å². The van der Waals surface area contributed by atoms with Gasteiger partial charge in [0.25, 0.3) is 0 Å². The van der Waals surface area contributed by atoms with Crippen LogP contribution < -0.4 is 0 Å². The Kier molecular flexibility index (Phi) is 2.09. The second-order valence-electron chi connectivity index (χ2n) is 3.52. The van der Waals surface area contributed by atoms with Crippen molar-refractivity contribution in [3.63, 3.8) is 0 Å². The number of rotatable bonds is 4. The predicted octanol–water partition coefficient (Wildman–Crippen LogP) is 1.13. The van der Waals surface area contributed by atoms with Crippen LogP contribution in [0.4, 0.5) is 0 Å². The van der Waals surface area contributed by atoms with E-state index in [4.69, 9.17) is 0 Å².